The van der Waals surface area contributed by atoms with E-state index in [-0.39, 0.29) is 0 Å². The summed E-state index contributed by atoms with van der Waals surface area (Å²) in [7, 11) is 0. The van der Waals surface area contributed by atoms with Crippen molar-refractivity contribution in [1.82, 2.24) is 0 Å². The van der Waals surface area contributed by atoms with Gasteiger partial charge in [0.05, 0.1) is 0 Å². The van der Waals surface area contributed by atoms with Gasteiger partial charge in [0.25, 0.3) is 0 Å². The molecule has 0 saturated heterocycles. The van der Waals surface area contributed by atoms with Gasteiger partial charge in [0.1, 0.15) is 0 Å². The summed E-state index contributed by atoms with van der Waals surface area (Å²) in [6.07, 6.45) is 5.66. The van der Waals surface area contributed by atoms with Crippen molar-refractivity contribution in [3.05, 3.63) is 89.4 Å². The lowest BCUT2D eigenvalue weighted by atomic mass is 10.1. The van der Waals surface area contributed by atoms with E-state index in [0.717, 1.165) is 11.1 Å². The first-order valence-corrected chi connectivity index (χ1v) is 6.89. The third-order valence-corrected chi connectivity index (χ3v) is 2.76. The molecule has 0 aliphatic heterocycles. The van der Waals surface area contributed by atoms with Crippen LogP contribution < -0.4 is 0 Å². The van der Waals surface area contributed by atoms with Crippen LogP contribution >= 0.6 is 15.9 Å². The summed E-state index contributed by atoms with van der Waals surface area (Å²) in [6, 6.07) is 18.2. The Labute approximate surface area is 123 Å². The highest BCUT2D eigenvalue weighted by Gasteiger charge is 1.89. The van der Waals surface area contributed by atoms with Crippen LogP contribution in [0, 0.1) is 0 Å². The predicted molar refractivity (Wildman–Crippen MR) is 91.0 cm³/mol. The zero-order valence-corrected chi connectivity index (χ0v) is 12.4. The van der Waals surface area contributed by atoms with E-state index >= 15 is 0 Å². The van der Waals surface area contributed by atoms with E-state index in [1.165, 1.54) is 5.56 Å². The van der Waals surface area contributed by atoms with Gasteiger partial charge in [-0.15, -0.1) is 0 Å². The van der Waals surface area contributed by atoms with Crippen molar-refractivity contribution in [2.45, 2.75) is 0 Å². The fourth-order valence-electron chi connectivity index (χ4n) is 1.52. The van der Waals surface area contributed by atoms with Crippen LogP contribution in [0.15, 0.2) is 72.7 Å². The molecule has 0 atom stereocenters. The standard InChI is InChI=1S/C10H10.C8H7Br/c1-3-9-7-5-6-8-10(9)4-2;9-7-6-8-4-2-1-3-5-8/h3-8H,1-2H2;1-7H. The Morgan fingerprint density at radius 3 is 1.63 bits per heavy atom. The van der Waals surface area contributed by atoms with E-state index in [2.05, 4.69) is 41.2 Å². The van der Waals surface area contributed by atoms with Gasteiger partial charge in [-0.2, -0.15) is 0 Å². The molecule has 0 bridgehead atoms. The van der Waals surface area contributed by atoms with Crippen LogP contribution in [0.1, 0.15) is 16.7 Å². The Morgan fingerprint density at radius 1 is 0.737 bits per heavy atom. The van der Waals surface area contributed by atoms with Gasteiger partial charge in [-0.1, -0.05) is 95.8 Å². The first-order valence-electron chi connectivity index (χ1n) is 5.97. The number of rotatable bonds is 3. The minimum Gasteiger partial charge on any atom is -0.0984 e. The molecule has 19 heavy (non-hydrogen) atoms. The highest BCUT2D eigenvalue weighted by molar-refractivity contribution is 9.11. The van der Waals surface area contributed by atoms with Gasteiger partial charge in [-0.25, -0.2) is 0 Å². The quantitative estimate of drug-likeness (QED) is 0.649. The monoisotopic (exact) mass is 312 g/mol. The molecule has 2 aromatic carbocycles. The second-order valence-corrected chi connectivity index (χ2v) is 4.27. The van der Waals surface area contributed by atoms with Crippen LogP contribution in [-0.4, -0.2) is 0 Å². The maximum absolute atomic E-state index is 3.69. The lowest BCUT2D eigenvalue weighted by molar-refractivity contribution is 1.62. The summed E-state index contributed by atoms with van der Waals surface area (Å²) in [4.78, 5) is 1.85. The second-order valence-electron chi connectivity index (χ2n) is 3.74. The van der Waals surface area contributed by atoms with Crippen LogP contribution in [0.5, 0.6) is 0 Å². The van der Waals surface area contributed by atoms with Crippen molar-refractivity contribution in [2.75, 3.05) is 0 Å². The smallest absolute Gasteiger partial charge is 0.0183 e. The van der Waals surface area contributed by atoms with E-state index in [1.807, 2.05) is 65.7 Å². The second kappa shape index (κ2) is 9.12. The molecule has 0 aromatic heterocycles. The topological polar surface area (TPSA) is 0 Å². The van der Waals surface area contributed by atoms with Gasteiger partial charge < -0.3 is 0 Å². The largest absolute Gasteiger partial charge is 0.0984 e. The number of halogens is 1. The van der Waals surface area contributed by atoms with Gasteiger partial charge in [-0.05, 0) is 27.8 Å². The zero-order chi connectivity index (χ0) is 13.9. The summed E-state index contributed by atoms with van der Waals surface area (Å²) in [5, 5.41) is 0. The highest BCUT2D eigenvalue weighted by atomic mass is 79.9. The van der Waals surface area contributed by atoms with Crippen molar-refractivity contribution >= 4 is 34.2 Å². The Kier molecular flexibility index (Phi) is 7.30. The van der Waals surface area contributed by atoms with E-state index in [9.17, 15) is 0 Å². The van der Waals surface area contributed by atoms with Crippen molar-refractivity contribution in [1.29, 1.82) is 0 Å². The number of hydrogen-bond donors (Lipinski definition) is 0. The Balaban J connectivity index is 0.000000191. The third kappa shape index (κ3) is 5.54. The first-order chi connectivity index (χ1) is 9.31. The van der Waals surface area contributed by atoms with Crippen LogP contribution in [0.2, 0.25) is 0 Å². The molecule has 2 aromatic rings. The van der Waals surface area contributed by atoms with Crippen molar-refractivity contribution in [3.8, 4) is 0 Å². The molecule has 0 spiro atoms. The molecule has 0 heterocycles. The Morgan fingerprint density at radius 2 is 1.21 bits per heavy atom. The average Bonchev–Trinajstić information content (AvgIpc) is 2.49. The Bertz CT molecular complexity index is 512. The molecule has 0 saturated carbocycles. The Hall–Kier alpha value is -1.86. The van der Waals surface area contributed by atoms with Crippen LogP contribution in [0.25, 0.3) is 18.2 Å². The molecule has 0 unspecified atom stereocenters. The van der Waals surface area contributed by atoms with E-state index in [4.69, 9.17) is 0 Å². The summed E-state index contributed by atoms with van der Waals surface area (Å²) in [5.74, 6) is 0. The molecule has 0 nitrogen and oxygen atoms in total. The van der Waals surface area contributed by atoms with E-state index < -0.39 is 0 Å². The van der Waals surface area contributed by atoms with Crippen LogP contribution in [0.4, 0.5) is 0 Å². The average molecular weight is 313 g/mol. The van der Waals surface area contributed by atoms with E-state index in [0.29, 0.717) is 0 Å². The molecule has 96 valence electrons. The van der Waals surface area contributed by atoms with Gasteiger partial charge in [-0.3, -0.25) is 0 Å². The van der Waals surface area contributed by atoms with Gasteiger partial charge in [0.15, 0.2) is 0 Å². The van der Waals surface area contributed by atoms with Gasteiger partial charge in [0, 0.05) is 0 Å². The lowest BCUT2D eigenvalue weighted by Crippen LogP contribution is -1.76. The normalized spacial score (nSPS) is 9.53. The maximum atomic E-state index is 3.69. The van der Waals surface area contributed by atoms with E-state index in [1.54, 1.807) is 0 Å². The molecule has 2 rings (SSSR count). The highest BCUT2D eigenvalue weighted by Crippen LogP contribution is 2.10. The molecule has 0 N–H and O–H groups in total. The molecular weight excluding hydrogens is 296 g/mol. The van der Waals surface area contributed by atoms with Crippen molar-refractivity contribution < 1.29 is 0 Å². The molecule has 0 radical (unpaired) electrons. The molecular formula is C18H17Br. The van der Waals surface area contributed by atoms with Crippen molar-refractivity contribution in [2.24, 2.45) is 0 Å². The maximum Gasteiger partial charge on any atom is -0.0183 e. The van der Waals surface area contributed by atoms with Crippen molar-refractivity contribution in [3.63, 3.8) is 0 Å². The summed E-state index contributed by atoms with van der Waals surface area (Å²) >= 11 is 3.21. The van der Waals surface area contributed by atoms with Gasteiger partial charge in [0.2, 0.25) is 0 Å². The summed E-state index contributed by atoms with van der Waals surface area (Å²) < 4.78 is 0. The SMILES string of the molecule is BrC=Cc1ccccc1.C=Cc1ccccc1C=C. The predicted octanol–water partition coefficient (Wildman–Crippen LogP) is 6.02. The molecule has 1 heteroatoms. The molecule has 0 fully saturated rings. The minimum atomic E-state index is 1.14. The summed E-state index contributed by atoms with van der Waals surface area (Å²) in [6.45, 7) is 7.38. The van der Waals surface area contributed by atoms with Gasteiger partial charge >= 0.3 is 0 Å². The van der Waals surface area contributed by atoms with Crippen LogP contribution in [-0.2, 0) is 0 Å². The molecule has 0 amide bonds. The fraction of sp³-hybridized carbons (Fsp3) is 0. The number of benzene rings is 2. The summed E-state index contributed by atoms with van der Waals surface area (Å²) in [5.41, 5.74) is 3.49. The minimum absolute atomic E-state index is 1.14. The fourth-order valence-corrected chi connectivity index (χ4v) is 1.82. The lowest BCUT2D eigenvalue weighted by Gasteiger charge is -1.96. The third-order valence-electron chi connectivity index (χ3n) is 2.49. The first kappa shape index (κ1) is 15.2. The molecule has 0 aliphatic carbocycles. The zero-order valence-electron chi connectivity index (χ0n) is 10.8. The van der Waals surface area contributed by atoms with Crippen LogP contribution in [0.3, 0.4) is 0 Å². The number of hydrogen-bond acceptors (Lipinski definition) is 0. The molecule has 0 aliphatic rings.